The molecular weight excluding hydrogens is 232 g/mol. The van der Waals surface area contributed by atoms with Crippen LogP contribution < -0.4 is 0 Å². The van der Waals surface area contributed by atoms with Gasteiger partial charge in [-0.1, -0.05) is 0 Å². The van der Waals surface area contributed by atoms with Gasteiger partial charge in [0.05, 0.1) is 4.88 Å². The molecular formula is C13H18N2OS. The zero-order valence-corrected chi connectivity index (χ0v) is 11.0. The number of rotatable bonds is 1. The Hall–Kier alpha value is -0.870. The molecule has 1 amide bonds. The third kappa shape index (κ3) is 2.11. The summed E-state index contributed by atoms with van der Waals surface area (Å²) in [7, 11) is 0. The van der Waals surface area contributed by atoms with Crippen molar-refractivity contribution in [1.82, 2.24) is 9.80 Å². The van der Waals surface area contributed by atoms with Crippen LogP contribution in [0, 0.1) is 6.92 Å². The van der Waals surface area contributed by atoms with Crippen LogP contribution >= 0.6 is 11.3 Å². The first kappa shape index (κ1) is 11.2. The van der Waals surface area contributed by atoms with Gasteiger partial charge in [-0.2, -0.15) is 0 Å². The van der Waals surface area contributed by atoms with E-state index >= 15 is 0 Å². The molecule has 2 aliphatic rings. The Bertz CT molecular complexity index is 429. The van der Waals surface area contributed by atoms with Gasteiger partial charge < -0.3 is 4.90 Å². The number of carbonyl (C=O) groups is 1. The summed E-state index contributed by atoms with van der Waals surface area (Å²) in [6.45, 7) is 6.16. The first-order chi connectivity index (χ1) is 8.24. The second-order valence-corrected chi connectivity index (χ2v) is 6.28. The molecule has 0 spiro atoms. The predicted octanol–water partition coefficient (Wildman–Crippen LogP) is 1.98. The summed E-state index contributed by atoms with van der Waals surface area (Å²) < 4.78 is 0. The van der Waals surface area contributed by atoms with E-state index in [2.05, 4.69) is 11.8 Å². The van der Waals surface area contributed by atoms with Crippen LogP contribution in [0.25, 0.3) is 0 Å². The Morgan fingerprint density at radius 1 is 1.35 bits per heavy atom. The summed E-state index contributed by atoms with van der Waals surface area (Å²) in [5.74, 6) is 0.231. The molecule has 0 saturated carbocycles. The van der Waals surface area contributed by atoms with E-state index in [1.54, 1.807) is 11.3 Å². The van der Waals surface area contributed by atoms with Crippen molar-refractivity contribution in [3.63, 3.8) is 0 Å². The molecule has 0 aromatic carbocycles. The van der Waals surface area contributed by atoms with Crippen molar-refractivity contribution < 1.29 is 4.79 Å². The van der Waals surface area contributed by atoms with Crippen LogP contribution in [0.2, 0.25) is 0 Å². The minimum Gasteiger partial charge on any atom is -0.335 e. The van der Waals surface area contributed by atoms with Crippen molar-refractivity contribution in [3.05, 3.63) is 21.9 Å². The first-order valence-electron chi connectivity index (χ1n) is 6.34. The smallest absolute Gasteiger partial charge is 0.264 e. The average molecular weight is 250 g/mol. The molecule has 17 heavy (non-hydrogen) atoms. The van der Waals surface area contributed by atoms with Gasteiger partial charge in [0.15, 0.2) is 0 Å². The van der Waals surface area contributed by atoms with Crippen molar-refractivity contribution in [2.75, 3.05) is 26.2 Å². The van der Waals surface area contributed by atoms with Gasteiger partial charge in [-0.25, -0.2) is 0 Å². The molecule has 3 rings (SSSR count). The zero-order chi connectivity index (χ0) is 11.8. The third-order valence-corrected chi connectivity index (χ3v) is 4.81. The Morgan fingerprint density at radius 3 is 3.00 bits per heavy atom. The number of aryl methyl sites for hydroxylation is 1. The molecule has 4 heteroatoms. The predicted molar refractivity (Wildman–Crippen MR) is 69.6 cm³/mol. The number of hydrogen-bond acceptors (Lipinski definition) is 3. The van der Waals surface area contributed by atoms with E-state index in [1.807, 2.05) is 17.0 Å². The van der Waals surface area contributed by atoms with E-state index in [9.17, 15) is 4.79 Å². The lowest BCUT2D eigenvalue weighted by atomic mass is 10.1. The summed E-state index contributed by atoms with van der Waals surface area (Å²) in [5.41, 5.74) is 0. The van der Waals surface area contributed by atoms with Crippen LogP contribution in [0.4, 0.5) is 0 Å². The maximum absolute atomic E-state index is 12.3. The lowest BCUT2D eigenvalue weighted by Crippen LogP contribution is -2.51. The van der Waals surface area contributed by atoms with E-state index in [1.165, 1.54) is 24.3 Å². The highest BCUT2D eigenvalue weighted by Crippen LogP contribution is 2.24. The van der Waals surface area contributed by atoms with E-state index in [-0.39, 0.29) is 5.91 Å². The van der Waals surface area contributed by atoms with E-state index in [4.69, 9.17) is 0 Å². The van der Waals surface area contributed by atoms with Gasteiger partial charge in [0, 0.05) is 30.6 Å². The normalized spacial score (nSPS) is 25.0. The van der Waals surface area contributed by atoms with Gasteiger partial charge in [-0.3, -0.25) is 9.69 Å². The lowest BCUT2D eigenvalue weighted by Gasteiger charge is -2.37. The number of nitrogens with zero attached hydrogens (tertiary/aromatic N) is 2. The van der Waals surface area contributed by atoms with Crippen molar-refractivity contribution in [1.29, 1.82) is 0 Å². The number of fused-ring (bicyclic) bond motifs is 1. The second-order valence-electron chi connectivity index (χ2n) is 4.99. The van der Waals surface area contributed by atoms with E-state index in [0.29, 0.717) is 6.04 Å². The number of thiophene rings is 1. The van der Waals surface area contributed by atoms with Crippen LogP contribution in [0.1, 0.15) is 27.4 Å². The zero-order valence-electron chi connectivity index (χ0n) is 10.2. The van der Waals surface area contributed by atoms with Crippen LogP contribution in [-0.2, 0) is 0 Å². The topological polar surface area (TPSA) is 23.6 Å². The molecule has 1 aromatic rings. The highest BCUT2D eigenvalue weighted by molar-refractivity contribution is 7.13. The molecule has 0 N–H and O–H groups in total. The number of hydrogen-bond donors (Lipinski definition) is 0. The van der Waals surface area contributed by atoms with Crippen molar-refractivity contribution in [2.24, 2.45) is 0 Å². The number of amides is 1. The lowest BCUT2D eigenvalue weighted by molar-refractivity contribution is 0.0576. The summed E-state index contributed by atoms with van der Waals surface area (Å²) in [4.78, 5) is 19.0. The SMILES string of the molecule is Cc1ccc(C(=O)N2CCN3CCCC3C2)s1. The van der Waals surface area contributed by atoms with Gasteiger partial charge in [0.2, 0.25) is 0 Å². The van der Waals surface area contributed by atoms with Gasteiger partial charge in [0.25, 0.3) is 5.91 Å². The molecule has 1 aromatic heterocycles. The summed E-state index contributed by atoms with van der Waals surface area (Å²) >= 11 is 1.61. The van der Waals surface area contributed by atoms with Crippen molar-refractivity contribution in [2.45, 2.75) is 25.8 Å². The minimum absolute atomic E-state index is 0.231. The van der Waals surface area contributed by atoms with Crippen LogP contribution in [-0.4, -0.2) is 47.9 Å². The molecule has 1 atom stereocenters. The van der Waals surface area contributed by atoms with Crippen molar-refractivity contribution in [3.8, 4) is 0 Å². The monoisotopic (exact) mass is 250 g/mol. The van der Waals surface area contributed by atoms with Crippen LogP contribution in [0.15, 0.2) is 12.1 Å². The fraction of sp³-hybridized carbons (Fsp3) is 0.615. The fourth-order valence-electron chi connectivity index (χ4n) is 2.88. The summed E-state index contributed by atoms with van der Waals surface area (Å²) in [6.07, 6.45) is 2.55. The molecule has 2 aliphatic heterocycles. The average Bonchev–Trinajstić information content (AvgIpc) is 2.95. The largest absolute Gasteiger partial charge is 0.335 e. The van der Waals surface area contributed by atoms with Gasteiger partial charge in [-0.15, -0.1) is 11.3 Å². The van der Waals surface area contributed by atoms with E-state index < -0.39 is 0 Å². The molecule has 1 unspecified atom stereocenters. The molecule has 3 heterocycles. The summed E-state index contributed by atoms with van der Waals surface area (Å²) in [5, 5.41) is 0. The Labute approximate surface area is 106 Å². The van der Waals surface area contributed by atoms with Crippen LogP contribution in [0.5, 0.6) is 0 Å². The highest BCUT2D eigenvalue weighted by Gasteiger charge is 2.32. The first-order valence-corrected chi connectivity index (χ1v) is 7.15. The molecule has 0 bridgehead atoms. The fourth-order valence-corrected chi connectivity index (χ4v) is 3.72. The molecule has 0 aliphatic carbocycles. The van der Waals surface area contributed by atoms with Gasteiger partial charge in [-0.05, 0) is 38.4 Å². The molecule has 0 radical (unpaired) electrons. The third-order valence-electron chi connectivity index (χ3n) is 3.83. The number of carbonyl (C=O) groups excluding carboxylic acids is 1. The quantitative estimate of drug-likeness (QED) is 0.761. The molecule has 3 nitrogen and oxygen atoms in total. The maximum atomic E-state index is 12.3. The van der Waals surface area contributed by atoms with E-state index in [0.717, 1.165) is 24.5 Å². The maximum Gasteiger partial charge on any atom is 0.264 e. The number of piperazine rings is 1. The molecule has 2 saturated heterocycles. The van der Waals surface area contributed by atoms with Gasteiger partial charge in [0.1, 0.15) is 0 Å². The van der Waals surface area contributed by atoms with Gasteiger partial charge >= 0.3 is 0 Å². The highest BCUT2D eigenvalue weighted by atomic mass is 32.1. The minimum atomic E-state index is 0.231. The summed E-state index contributed by atoms with van der Waals surface area (Å²) in [6, 6.07) is 4.61. The Balaban J connectivity index is 1.70. The molecule has 2 fully saturated rings. The van der Waals surface area contributed by atoms with Crippen molar-refractivity contribution >= 4 is 17.2 Å². The molecule has 92 valence electrons. The van der Waals surface area contributed by atoms with Crippen LogP contribution in [0.3, 0.4) is 0 Å². The Morgan fingerprint density at radius 2 is 2.24 bits per heavy atom. The standard InChI is InChI=1S/C13H18N2OS/c1-10-4-5-12(17-10)13(16)15-8-7-14-6-2-3-11(14)9-15/h4-5,11H,2-3,6-9H2,1H3. The second kappa shape index (κ2) is 4.42. The Kier molecular flexibility index (Phi) is 2.92.